The fraction of sp³-hybridized carbons (Fsp3) is 0. The SMILES string of the molecule is O=C(c1ccccc1)N1C(=O)c2cccc3cccc(c23)C1=O. The summed E-state index contributed by atoms with van der Waals surface area (Å²) in [5.74, 6) is -1.76. The Balaban J connectivity index is 1.91. The van der Waals surface area contributed by atoms with E-state index in [4.69, 9.17) is 0 Å². The van der Waals surface area contributed by atoms with Crippen LogP contribution in [0.2, 0.25) is 0 Å². The minimum Gasteiger partial charge on any atom is -0.268 e. The lowest BCUT2D eigenvalue weighted by molar-refractivity contribution is 0.0534. The van der Waals surface area contributed by atoms with Gasteiger partial charge in [-0.1, -0.05) is 42.5 Å². The third kappa shape index (κ3) is 1.89. The van der Waals surface area contributed by atoms with Crippen LogP contribution in [-0.2, 0) is 0 Å². The lowest BCUT2D eigenvalue weighted by Gasteiger charge is -2.25. The van der Waals surface area contributed by atoms with Crippen molar-refractivity contribution < 1.29 is 14.4 Å². The van der Waals surface area contributed by atoms with E-state index in [0.29, 0.717) is 22.1 Å². The minimum atomic E-state index is -0.605. The van der Waals surface area contributed by atoms with Gasteiger partial charge in [0, 0.05) is 22.1 Å². The van der Waals surface area contributed by atoms with Crippen molar-refractivity contribution in [1.29, 1.82) is 0 Å². The summed E-state index contributed by atoms with van der Waals surface area (Å²) < 4.78 is 0. The van der Waals surface area contributed by atoms with Crippen molar-refractivity contribution in [2.45, 2.75) is 0 Å². The van der Waals surface area contributed by atoms with Gasteiger partial charge in [0.2, 0.25) is 0 Å². The molecule has 3 amide bonds. The number of rotatable bonds is 1. The van der Waals surface area contributed by atoms with Gasteiger partial charge in [0.15, 0.2) is 0 Å². The fourth-order valence-electron chi connectivity index (χ4n) is 2.92. The first-order valence-electron chi connectivity index (χ1n) is 7.18. The largest absolute Gasteiger partial charge is 0.268 e. The Morgan fingerprint density at radius 2 is 1.26 bits per heavy atom. The molecule has 110 valence electrons. The minimum absolute atomic E-state index is 0.306. The van der Waals surface area contributed by atoms with Gasteiger partial charge in [-0.2, -0.15) is 0 Å². The summed E-state index contributed by atoms with van der Waals surface area (Å²) >= 11 is 0. The summed E-state index contributed by atoms with van der Waals surface area (Å²) in [6.45, 7) is 0. The van der Waals surface area contributed by atoms with E-state index in [1.807, 2.05) is 12.1 Å². The van der Waals surface area contributed by atoms with E-state index in [-0.39, 0.29) is 0 Å². The van der Waals surface area contributed by atoms with Crippen LogP contribution < -0.4 is 0 Å². The summed E-state index contributed by atoms with van der Waals surface area (Å²) in [4.78, 5) is 38.8. The number of nitrogens with zero attached hydrogens (tertiary/aromatic N) is 1. The molecule has 0 radical (unpaired) electrons. The van der Waals surface area contributed by atoms with Crippen LogP contribution in [0.1, 0.15) is 31.1 Å². The second kappa shape index (κ2) is 4.88. The van der Waals surface area contributed by atoms with E-state index >= 15 is 0 Å². The molecule has 0 aromatic heterocycles. The molecule has 0 saturated heterocycles. The molecule has 0 unspecified atom stereocenters. The topological polar surface area (TPSA) is 54.5 Å². The molecule has 1 heterocycles. The first kappa shape index (κ1) is 13.4. The lowest BCUT2D eigenvalue weighted by atomic mass is 9.93. The molecule has 4 rings (SSSR count). The van der Waals surface area contributed by atoms with Gasteiger partial charge in [-0.3, -0.25) is 14.4 Å². The molecule has 3 aromatic carbocycles. The molecule has 0 N–H and O–H groups in total. The zero-order chi connectivity index (χ0) is 16.0. The number of amides is 3. The number of imide groups is 3. The Morgan fingerprint density at radius 3 is 1.83 bits per heavy atom. The standard InChI is InChI=1S/C19H11NO3/c21-17(13-6-2-1-3-7-13)20-18(22)14-10-4-8-12-9-5-11-15(16(12)14)19(20)23/h1-11H. The Morgan fingerprint density at radius 1 is 0.696 bits per heavy atom. The van der Waals surface area contributed by atoms with Gasteiger partial charge in [0.1, 0.15) is 0 Å². The molecule has 4 nitrogen and oxygen atoms in total. The molecule has 0 bridgehead atoms. The van der Waals surface area contributed by atoms with Gasteiger partial charge >= 0.3 is 0 Å². The monoisotopic (exact) mass is 301 g/mol. The Kier molecular flexibility index (Phi) is 2.84. The molecule has 3 aromatic rings. The molecule has 0 spiro atoms. The average Bonchev–Trinajstić information content (AvgIpc) is 2.60. The lowest BCUT2D eigenvalue weighted by Crippen LogP contribution is -2.44. The van der Waals surface area contributed by atoms with E-state index in [1.165, 1.54) is 0 Å². The second-order valence-corrected chi connectivity index (χ2v) is 5.33. The molecule has 1 aliphatic heterocycles. The summed E-state index contributed by atoms with van der Waals surface area (Å²) in [6, 6.07) is 18.8. The highest BCUT2D eigenvalue weighted by Gasteiger charge is 2.37. The molecule has 0 atom stereocenters. The van der Waals surface area contributed by atoms with Gasteiger partial charge in [-0.25, -0.2) is 4.90 Å². The maximum Gasteiger partial charge on any atom is 0.268 e. The zero-order valence-corrected chi connectivity index (χ0v) is 12.0. The molecule has 1 aliphatic rings. The Labute approximate surface area is 132 Å². The third-order valence-electron chi connectivity index (χ3n) is 4.00. The smallest absolute Gasteiger partial charge is 0.268 e. The maximum absolute atomic E-state index is 12.7. The molecule has 0 aliphatic carbocycles. The van der Waals surface area contributed by atoms with E-state index < -0.39 is 17.7 Å². The number of carbonyl (C=O) groups excluding carboxylic acids is 3. The van der Waals surface area contributed by atoms with Gasteiger partial charge in [0.25, 0.3) is 17.7 Å². The van der Waals surface area contributed by atoms with Crippen LogP contribution in [0.3, 0.4) is 0 Å². The van der Waals surface area contributed by atoms with E-state index in [2.05, 4.69) is 0 Å². The van der Waals surface area contributed by atoms with Gasteiger partial charge < -0.3 is 0 Å². The normalized spacial score (nSPS) is 13.5. The van der Waals surface area contributed by atoms with Crippen LogP contribution in [0.5, 0.6) is 0 Å². The average molecular weight is 301 g/mol. The fourth-order valence-corrected chi connectivity index (χ4v) is 2.92. The maximum atomic E-state index is 12.7. The number of carbonyl (C=O) groups is 3. The molecular formula is C19H11NO3. The van der Waals surface area contributed by atoms with Crippen LogP contribution >= 0.6 is 0 Å². The van der Waals surface area contributed by atoms with Crippen molar-refractivity contribution in [3.05, 3.63) is 83.4 Å². The van der Waals surface area contributed by atoms with Crippen LogP contribution in [-0.4, -0.2) is 22.6 Å². The predicted octanol–water partition coefficient (Wildman–Crippen LogP) is 3.28. The van der Waals surface area contributed by atoms with Crippen LogP contribution in [0.25, 0.3) is 10.8 Å². The quantitative estimate of drug-likeness (QED) is 0.648. The number of benzene rings is 3. The van der Waals surface area contributed by atoms with E-state index in [0.717, 1.165) is 10.3 Å². The van der Waals surface area contributed by atoms with Gasteiger partial charge in [-0.05, 0) is 29.7 Å². The highest BCUT2D eigenvalue weighted by atomic mass is 16.2. The van der Waals surface area contributed by atoms with Crippen molar-refractivity contribution in [3.8, 4) is 0 Å². The van der Waals surface area contributed by atoms with Crippen LogP contribution in [0.15, 0.2) is 66.7 Å². The highest BCUT2D eigenvalue weighted by Crippen LogP contribution is 2.30. The molecule has 0 fully saturated rings. The predicted molar refractivity (Wildman–Crippen MR) is 85.2 cm³/mol. The zero-order valence-electron chi connectivity index (χ0n) is 12.0. The van der Waals surface area contributed by atoms with Crippen molar-refractivity contribution in [2.24, 2.45) is 0 Å². The van der Waals surface area contributed by atoms with Crippen molar-refractivity contribution >= 4 is 28.5 Å². The first-order chi connectivity index (χ1) is 11.2. The van der Waals surface area contributed by atoms with Gasteiger partial charge in [0.05, 0.1) is 0 Å². The van der Waals surface area contributed by atoms with E-state index in [1.54, 1.807) is 54.6 Å². The summed E-state index contributed by atoms with van der Waals surface area (Å²) in [7, 11) is 0. The highest BCUT2D eigenvalue weighted by molar-refractivity contribution is 6.32. The molecule has 23 heavy (non-hydrogen) atoms. The summed E-state index contributed by atoms with van der Waals surface area (Å²) in [6.07, 6.45) is 0. The Hall–Kier alpha value is -3.27. The van der Waals surface area contributed by atoms with Crippen molar-refractivity contribution in [1.82, 2.24) is 4.90 Å². The molecule has 0 saturated carbocycles. The Bertz CT molecular complexity index is 926. The van der Waals surface area contributed by atoms with Crippen LogP contribution in [0.4, 0.5) is 0 Å². The van der Waals surface area contributed by atoms with E-state index in [9.17, 15) is 14.4 Å². The third-order valence-corrected chi connectivity index (χ3v) is 4.00. The second-order valence-electron chi connectivity index (χ2n) is 5.33. The van der Waals surface area contributed by atoms with Crippen LogP contribution in [0, 0.1) is 0 Å². The summed E-state index contributed by atoms with van der Waals surface area (Å²) in [5, 5.41) is 1.43. The molecular weight excluding hydrogens is 290 g/mol. The summed E-state index contributed by atoms with van der Waals surface area (Å²) in [5.41, 5.74) is 1.06. The van der Waals surface area contributed by atoms with Gasteiger partial charge in [-0.15, -0.1) is 0 Å². The number of hydrogen-bond donors (Lipinski definition) is 0. The van der Waals surface area contributed by atoms with Crippen molar-refractivity contribution in [2.75, 3.05) is 0 Å². The number of hydrogen-bond acceptors (Lipinski definition) is 3. The first-order valence-corrected chi connectivity index (χ1v) is 7.18. The van der Waals surface area contributed by atoms with Crippen molar-refractivity contribution in [3.63, 3.8) is 0 Å². The molecule has 4 heteroatoms.